The standard InChI is InChI=1S/C13H24N6O/c1-13(2,3)12-17-10(8-11(18-12)19-15)16-7-5-4-6-9(14)20/h8H,4-7,15H2,1-3H3,(H2,14,20)(H2,16,17,18,19). The summed E-state index contributed by atoms with van der Waals surface area (Å²) >= 11 is 0. The Balaban J connectivity index is 2.63. The molecule has 0 saturated carbocycles. The quantitative estimate of drug-likeness (QED) is 0.338. The molecule has 1 aromatic rings. The van der Waals surface area contributed by atoms with Crippen LogP contribution in [0, 0.1) is 0 Å². The second-order valence-corrected chi connectivity index (χ2v) is 5.71. The lowest BCUT2D eigenvalue weighted by atomic mass is 9.96. The summed E-state index contributed by atoms with van der Waals surface area (Å²) in [5.41, 5.74) is 7.48. The molecule has 0 atom stereocenters. The fourth-order valence-electron chi connectivity index (χ4n) is 1.59. The van der Waals surface area contributed by atoms with Crippen LogP contribution in [0.4, 0.5) is 11.6 Å². The summed E-state index contributed by atoms with van der Waals surface area (Å²) < 4.78 is 0. The number of nitrogens with zero attached hydrogens (tertiary/aromatic N) is 2. The first-order chi connectivity index (χ1) is 9.32. The van der Waals surface area contributed by atoms with Crippen LogP contribution in [0.1, 0.15) is 45.9 Å². The van der Waals surface area contributed by atoms with Crippen LogP contribution in [0.25, 0.3) is 0 Å². The van der Waals surface area contributed by atoms with Crippen molar-refractivity contribution in [3.05, 3.63) is 11.9 Å². The lowest BCUT2D eigenvalue weighted by molar-refractivity contribution is -0.118. The first-order valence-electron chi connectivity index (χ1n) is 6.71. The molecule has 0 aliphatic heterocycles. The number of anilines is 2. The van der Waals surface area contributed by atoms with Crippen molar-refractivity contribution in [3.8, 4) is 0 Å². The topological polar surface area (TPSA) is 119 Å². The number of hydrazine groups is 1. The Morgan fingerprint density at radius 3 is 2.45 bits per heavy atom. The van der Waals surface area contributed by atoms with E-state index in [-0.39, 0.29) is 11.3 Å². The molecule has 20 heavy (non-hydrogen) atoms. The molecule has 0 unspecified atom stereocenters. The fourth-order valence-corrected chi connectivity index (χ4v) is 1.59. The van der Waals surface area contributed by atoms with Gasteiger partial charge in [0.25, 0.3) is 0 Å². The predicted octanol–water partition coefficient (Wildman–Crippen LogP) is 1.13. The average Bonchev–Trinajstić information content (AvgIpc) is 2.36. The van der Waals surface area contributed by atoms with Crippen molar-refractivity contribution in [2.45, 2.75) is 45.4 Å². The first kappa shape index (κ1) is 16.2. The molecule has 0 aliphatic carbocycles. The van der Waals surface area contributed by atoms with Crippen LogP contribution >= 0.6 is 0 Å². The molecule has 1 heterocycles. The lowest BCUT2D eigenvalue weighted by Crippen LogP contribution is -2.20. The van der Waals surface area contributed by atoms with Crippen molar-refractivity contribution in [2.24, 2.45) is 11.6 Å². The van der Waals surface area contributed by atoms with Crippen LogP contribution in [0.5, 0.6) is 0 Å². The molecule has 6 N–H and O–H groups in total. The van der Waals surface area contributed by atoms with Gasteiger partial charge in [0.05, 0.1) is 0 Å². The summed E-state index contributed by atoms with van der Waals surface area (Å²) in [5, 5.41) is 3.21. The Labute approximate surface area is 119 Å². The smallest absolute Gasteiger partial charge is 0.217 e. The van der Waals surface area contributed by atoms with Crippen molar-refractivity contribution in [2.75, 3.05) is 17.3 Å². The van der Waals surface area contributed by atoms with Gasteiger partial charge in [-0.15, -0.1) is 0 Å². The Bertz CT molecular complexity index is 455. The number of hydrogen-bond acceptors (Lipinski definition) is 6. The molecule has 112 valence electrons. The number of carbonyl (C=O) groups excluding carboxylic acids is 1. The number of nitrogen functional groups attached to an aromatic ring is 1. The Morgan fingerprint density at radius 2 is 1.90 bits per heavy atom. The molecule has 0 aliphatic rings. The van der Waals surface area contributed by atoms with Gasteiger partial charge in [-0.25, -0.2) is 15.8 Å². The zero-order chi connectivity index (χ0) is 15.2. The molecule has 0 bridgehead atoms. The number of primary amides is 1. The second-order valence-electron chi connectivity index (χ2n) is 5.71. The van der Waals surface area contributed by atoms with Crippen molar-refractivity contribution in [3.63, 3.8) is 0 Å². The highest BCUT2D eigenvalue weighted by Crippen LogP contribution is 2.21. The monoisotopic (exact) mass is 280 g/mol. The molecule has 7 heteroatoms. The number of nitrogens with two attached hydrogens (primary N) is 2. The first-order valence-corrected chi connectivity index (χ1v) is 6.71. The molecule has 0 spiro atoms. The lowest BCUT2D eigenvalue weighted by Gasteiger charge is -2.18. The number of hydrogen-bond donors (Lipinski definition) is 4. The normalized spacial score (nSPS) is 11.2. The molecule has 0 fully saturated rings. The van der Waals surface area contributed by atoms with Gasteiger partial charge < -0.3 is 16.5 Å². The highest BCUT2D eigenvalue weighted by molar-refractivity contribution is 5.73. The van der Waals surface area contributed by atoms with Gasteiger partial charge >= 0.3 is 0 Å². The number of unbranched alkanes of at least 4 members (excludes halogenated alkanes) is 1. The van der Waals surface area contributed by atoms with Crippen molar-refractivity contribution in [1.82, 2.24) is 9.97 Å². The van der Waals surface area contributed by atoms with Crippen LogP contribution in [0.3, 0.4) is 0 Å². The van der Waals surface area contributed by atoms with E-state index in [1.54, 1.807) is 6.07 Å². The van der Waals surface area contributed by atoms with E-state index in [0.29, 0.717) is 18.1 Å². The maximum atomic E-state index is 10.6. The largest absolute Gasteiger partial charge is 0.370 e. The summed E-state index contributed by atoms with van der Waals surface area (Å²) in [6.45, 7) is 6.84. The summed E-state index contributed by atoms with van der Waals surface area (Å²) in [6, 6.07) is 1.75. The van der Waals surface area contributed by atoms with Gasteiger partial charge in [-0.2, -0.15) is 0 Å². The predicted molar refractivity (Wildman–Crippen MR) is 80.1 cm³/mol. The van der Waals surface area contributed by atoms with E-state index in [2.05, 4.69) is 20.7 Å². The Morgan fingerprint density at radius 1 is 1.25 bits per heavy atom. The van der Waals surface area contributed by atoms with Gasteiger partial charge in [-0.1, -0.05) is 20.8 Å². The zero-order valence-corrected chi connectivity index (χ0v) is 12.4. The number of carbonyl (C=O) groups is 1. The van der Waals surface area contributed by atoms with Gasteiger partial charge in [-0.3, -0.25) is 4.79 Å². The van der Waals surface area contributed by atoms with Gasteiger partial charge in [0.2, 0.25) is 5.91 Å². The summed E-state index contributed by atoms with van der Waals surface area (Å²) in [7, 11) is 0. The molecular formula is C13H24N6O. The highest BCUT2D eigenvalue weighted by Gasteiger charge is 2.18. The van der Waals surface area contributed by atoms with Crippen LogP contribution in [-0.4, -0.2) is 22.4 Å². The Hall–Kier alpha value is -1.89. The van der Waals surface area contributed by atoms with E-state index < -0.39 is 0 Å². The van der Waals surface area contributed by atoms with E-state index in [0.717, 1.165) is 25.2 Å². The number of amides is 1. The van der Waals surface area contributed by atoms with Crippen LogP contribution in [0.15, 0.2) is 6.07 Å². The average molecular weight is 280 g/mol. The third-order valence-electron chi connectivity index (χ3n) is 2.70. The molecule has 1 rings (SSSR count). The number of nitrogens with one attached hydrogen (secondary N) is 2. The molecule has 1 aromatic heterocycles. The van der Waals surface area contributed by atoms with Crippen molar-refractivity contribution < 1.29 is 4.79 Å². The second kappa shape index (κ2) is 7.04. The minimum Gasteiger partial charge on any atom is -0.370 e. The number of rotatable bonds is 7. The maximum Gasteiger partial charge on any atom is 0.217 e. The molecule has 0 radical (unpaired) electrons. The molecule has 0 aromatic carbocycles. The highest BCUT2D eigenvalue weighted by atomic mass is 16.1. The minimum absolute atomic E-state index is 0.157. The zero-order valence-electron chi connectivity index (χ0n) is 12.4. The van der Waals surface area contributed by atoms with E-state index in [9.17, 15) is 4.79 Å². The molecule has 0 saturated heterocycles. The minimum atomic E-state index is -0.267. The third-order valence-corrected chi connectivity index (χ3v) is 2.70. The van der Waals surface area contributed by atoms with E-state index in [1.165, 1.54) is 0 Å². The Kier molecular flexibility index (Phi) is 5.69. The van der Waals surface area contributed by atoms with E-state index in [1.807, 2.05) is 20.8 Å². The number of aromatic nitrogens is 2. The van der Waals surface area contributed by atoms with Crippen molar-refractivity contribution >= 4 is 17.5 Å². The summed E-state index contributed by atoms with van der Waals surface area (Å²) in [4.78, 5) is 19.4. The van der Waals surface area contributed by atoms with E-state index in [4.69, 9.17) is 11.6 Å². The van der Waals surface area contributed by atoms with Gasteiger partial charge in [0.15, 0.2) is 0 Å². The van der Waals surface area contributed by atoms with Gasteiger partial charge in [-0.05, 0) is 12.8 Å². The maximum absolute atomic E-state index is 10.6. The van der Waals surface area contributed by atoms with Gasteiger partial charge in [0.1, 0.15) is 17.5 Å². The van der Waals surface area contributed by atoms with Crippen LogP contribution in [-0.2, 0) is 10.2 Å². The van der Waals surface area contributed by atoms with Gasteiger partial charge in [0, 0.05) is 24.4 Å². The van der Waals surface area contributed by atoms with E-state index >= 15 is 0 Å². The van der Waals surface area contributed by atoms with Crippen LogP contribution in [0.2, 0.25) is 0 Å². The van der Waals surface area contributed by atoms with Crippen LogP contribution < -0.4 is 22.3 Å². The summed E-state index contributed by atoms with van der Waals surface area (Å²) in [6.07, 6.45) is 2.03. The molecule has 7 nitrogen and oxygen atoms in total. The molecule has 1 amide bonds. The SMILES string of the molecule is CC(C)(C)c1nc(NN)cc(NCCCCC(N)=O)n1. The molecular weight excluding hydrogens is 256 g/mol. The fraction of sp³-hybridized carbons (Fsp3) is 0.615. The third kappa shape index (κ3) is 5.40. The van der Waals surface area contributed by atoms with Crippen molar-refractivity contribution in [1.29, 1.82) is 0 Å². The summed E-state index contributed by atoms with van der Waals surface area (Å²) in [5.74, 6) is 7.16.